The molecule has 6 rings (SSSR count). The van der Waals surface area contributed by atoms with Crippen molar-refractivity contribution in [3.8, 4) is 0 Å². The van der Waals surface area contributed by atoms with Gasteiger partial charge in [-0.1, -0.05) is 73.5 Å². The molecule has 4 aliphatic carbocycles. The molecule has 2 aromatic carbocycles. The quantitative estimate of drug-likeness (QED) is 0.301. The second-order valence-corrected chi connectivity index (χ2v) is 10.9. The lowest BCUT2D eigenvalue weighted by atomic mass is 9.39. The second kappa shape index (κ2) is 9.62. The molecule has 0 spiro atoms. The van der Waals surface area contributed by atoms with Crippen molar-refractivity contribution in [2.45, 2.75) is 69.8 Å². The summed E-state index contributed by atoms with van der Waals surface area (Å²) in [7, 11) is 1.79. The number of benzene rings is 2. The van der Waals surface area contributed by atoms with Crippen molar-refractivity contribution in [3.63, 3.8) is 0 Å². The van der Waals surface area contributed by atoms with Crippen molar-refractivity contribution in [1.29, 1.82) is 0 Å². The van der Waals surface area contributed by atoms with E-state index in [-0.39, 0.29) is 16.8 Å². The first kappa shape index (κ1) is 22.7. The summed E-state index contributed by atoms with van der Waals surface area (Å²) in [6, 6.07) is 21.4. The molecule has 0 N–H and O–H groups in total. The average molecular weight is 447 g/mol. The van der Waals surface area contributed by atoms with E-state index in [4.69, 9.17) is 9.47 Å². The molecule has 3 heteroatoms. The summed E-state index contributed by atoms with van der Waals surface area (Å²) < 4.78 is 11.2. The number of hydrogen-bond donors (Lipinski definition) is 0. The van der Waals surface area contributed by atoms with Crippen LogP contribution < -0.4 is 0 Å². The molecule has 4 bridgehead atoms. The van der Waals surface area contributed by atoms with Crippen LogP contribution in [0.3, 0.4) is 0 Å². The Morgan fingerprint density at radius 1 is 0.879 bits per heavy atom. The van der Waals surface area contributed by atoms with E-state index >= 15 is 0 Å². The zero-order chi connectivity index (χ0) is 22.7. The van der Waals surface area contributed by atoms with Crippen LogP contribution in [0.2, 0.25) is 0 Å². The molecule has 2 aromatic rings. The van der Waals surface area contributed by atoms with Gasteiger partial charge in [0.25, 0.3) is 0 Å². The predicted molar refractivity (Wildman–Crippen MR) is 131 cm³/mol. The summed E-state index contributed by atoms with van der Waals surface area (Å²) in [5.74, 6) is 1.90. The number of esters is 1. The van der Waals surface area contributed by atoms with Gasteiger partial charge in [-0.3, -0.25) is 4.79 Å². The van der Waals surface area contributed by atoms with Crippen LogP contribution in [0.1, 0.15) is 68.9 Å². The molecular formula is C30H38O3. The zero-order valence-corrected chi connectivity index (χ0v) is 20.0. The maximum Gasteiger partial charge on any atom is 0.312 e. The largest absolute Gasteiger partial charge is 0.460 e. The monoisotopic (exact) mass is 446 g/mol. The third-order valence-electron chi connectivity index (χ3n) is 9.04. The fraction of sp³-hybridized carbons (Fsp3) is 0.567. The molecule has 0 heterocycles. The number of hydrogen-bond acceptors (Lipinski definition) is 3. The van der Waals surface area contributed by atoms with Crippen molar-refractivity contribution in [3.05, 3.63) is 71.8 Å². The first-order valence-electron chi connectivity index (χ1n) is 12.9. The summed E-state index contributed by atoms with van der Waals surface area (Å²) in [5, 5.41) is 0. The van der Waals surface area contributed by atoms with Crippen molar-refractivity contribution in [1.82, 2.24) is 0 Å². The molecule has 3 nitrogen and oxygen atoms in total. The van der Waals surface area contributed by atoms with E-state index < -0.39 is 0 Å². The Kier molecular flexibility index (Phi) is 6.60. The third kappa shape index (κ3) is 4.25. The highest BCUT2D eigenvalue weighted by atomic mass is 16.5. The van der Waals surface area contributed by atoms with Crippen molar-refractivity contribution in [2.24, 2.45) is 23.2 Å². The van der Waals surface area contributed by atoms with E-state index in [9.17, 15) is 4.79 Å². The highest BCUT2D eigenvalue weighted by Gasteiger charge is 2.64. The molecule has 4 fully saturated rings. The van der Waals surface area contributed by atoms with Crippen LogP contribution in [-0.4, -0.2) is 19.7 Å². The van der Waals surface area contributed by atoms with E-state index in [1.165, 1.54) is 37.7 Å². The summed E-state index contributed by atoms with van der Waals surface area (Å²) in [5.41, 5.74) is 2.54. The van der Waals surface area contributed by atoms with Crippen molar-refractivity contribution >= 4 is 5.97 Å². The van der Waals surface area contributed by atoms with Gasteiger partial charge in [-0.2, -0.15) is 0 Å². The summed E-state index contributed by atoms with van der Waals surface area (Å²) >= 11 is 0. The van der Waals surface area contributed by atoms with Crippen LogP contribution in [0.25, 0.3) is 0 Å². The predicted octanol–water partition coefficient (Wildman–Crippen LogP) is 6.70. The van der Waals surface area contributed by atoms with Gasteiger partial charge in [0.1, 0.15) is 6.61 Å². The van der Waals surface area contributed by atoms with Crippen molar-refractivity contribution < 1.29 is 14.3 Å². The highest BCUT2D eigenvalue weighted by Crippen LogP contribution is 2.68. The molecule has 0 amide bonds. The lowest BCUT2D eigenvalue weighted by molar-refractivity contribution is -0.182. The molecule has 176 valence electrons. The molecule has 33 heavy (non-hydrogen) atoms. The molecular weight excluding hydrogens is 408 g/mol. The molecule has 2 atom stereocenters. The van der Waals surface area contributed by atoms with Gasteiger partial charge in [0.05, 0.1) is 5.41 Å². The Labute approximate surface area is 198 Å². The minimum atomic E-state index is -0.264. The summed E-state index contributed by atoms with van der Waals surface area (Å²) in [6.07, 6.45) is 10.4. The van der Waals surface area contributed by atoms with E-state index in [2.05, 4.69) is 30.3 Å². The normalized spacial score (nSPS) is 32.1. The molecule has 0 aliphatic heterocycles. The first-order valence-corrected chi connectivity index (χ1v) is 12.9. The van der Waals surface area contributed by atoms with Gasteiger partial charge in [-0.25, -0.2) is 0 Å². The number of ether oxygens (including phenoxy) is 2. The molecule has 2 unspecified atom stereocenters. The Morgan fingerprint density at radius 2 is 1.55 bits per heavy atom. The first-order chi connectivity index (χ1) is 16.2. The Bertz CT molecular complexity index is 906. The van der Waals surface area contributed by atoms with E-state index in [1.807, 2.05) is 30.3 Å². The maximum absolute atomic E-state index is 13.5. The number of carbonyl (C=O) groups is 1. The number of carbonyl (C=O) groups excluding carboxylic acids is 1. The van der Waals surface area contributed by atoms with Gasteiger partial charge in [0, 0.05) is 19.1 Å². The van der Waals surface area contributed by atoms with Gasteiger partial charge in [0.15, 0.2) is 0 Å². The van der Waals surface area contributed by atoms with Gasteiger partial charge < -0.3 is 9.47 Å². The molecule has 0 radical (unpaired) electrons. The molecule has 4 aliphatic rings. The maximum atomic E-state index is 13.5. The zero-order valence-electron chi connectivity index (χ0n) is 20.0. The van der Waals surface area contributed by atoms with E-state index in [0.29, 0.717) is 24.4 Å². The standard InChI is InChI=1S/C30H38O3/c1-32-16-10-4-9-15-30(25-13-7-3-8-14-25)26-17-24-18-27(30)21-29(19-24,20-26)28(31)33-22-23-11-5-2-6-12-23/h2-3,5-8,11-14,24,26-27H,4,9-10,15-22H2,1H3. The minimum absolute atomic E-state index is 0.0625. The third-order valence-corrected chi connectivity index (χ3v) is 9.04. The molecule has 4 saturated carbocycles. The average Bonchev–Trinajstić information content (AvgIpc) is 2.85. The highest BCUT2D eigenvalue weighted by molar-refractivity contribution is 5.78. The van der Waals surface area contributed by atoms with Gasteiger partial charge in [-0.05, 0) is 73.8 Å². The Morgan fingerprint density at radius 3 is 2.21 bits per heavy atom. The van der Waals surface area contributed by atoms with E-state index in [0.717, 1.165) is 37.9 Å². The topological polar surface area (TPSA) is 35.5 Å². The minimum Gasteiger partial charge on any atom is -0.460 e. The number of methoxy groups -OCH3 is 1. The molecule has 0 saturated heterocycles. The SMILES string of the molecule is COCCCCCC1(c2ccccc2)C2CC3CC1CC(C(=O)OCc1ccccc1)(C3)C2. The Hall–Kier alpha value is -2.13. The lowest BCUT2D eigenvalue weighted by Crippen LogP contribution is -2.61. The summed E-state index contributed by atoms with van der Waals surface area (Å²) in [4.78, 5) is 13.5. The second-order valence-electron chi connectivity index (χ2n) is 10.9. The number of unbranched alkanes of at least 4 members (excludes halogenated alkanes) is 2. The Balaban J connectivity index is 1.36. The lowest BCUT2D eigenvalue weighted by Gasteiger charge is -2.65. The van der Waals surface area contributed by atoms with Gasteiger partial charge in [0.2, 0.25) is 0 Å². The number of rotatable bonds is 10. The van der Waals surface area contributed by atoms with Crippen molar-refractivity contribution in [2.75, 3.05) is 13.7 Å². The van der Waals surface area contributed by atoms with Gasteiger partial charge in [-0.15, -0.1) is 0 Å². The fourth-order valence-electron chi connectivity index (χ4n) is 7.84. The van der Waals surface area contributed by atoms with Crippen LogP contribution in [0, 0.1) is 23.2 Å². The van der Waals surface area contributed by atoms with Crippen LogP contribution in [0.15, 0.2) is 60.7 Å². The summed E-state index contributed by atoms with van der Waals surface area (Å²) in [6.45, 7) is 1.24. The van der Waals surface area contributed by atoms with Crippen LogP contribution in [0.4, 0.5) is 0 Å². The van der Waals surface area contributed by atoms with Crippen LogP contribution >= 0.6 is 0 Å². The van der Waals surface area contributed by atoms with Gasteiger partial charge >= 0.3 is 5.97 Å². The van der Waals surface area contributed by atoms with E-state index in [1.54, 1.807) is 7.11 Å². The fourth-order valence-corrected chi connectivity index (χ4v) is 7.84. The smallest absolute Gasteiger partial charge is 0.312 e. The van der Waals surface area contributed by atoms with Crippen LogP contribution in [-0.2, 0) is 26.3 Å². The van der Waals surface area contributed by atoms with Crippen LogP contribution in [0.5, 0.6) is 0 Å². The molecule has 0 aromatic heterocycles.